The van der Waals surface area contributed by atoms with Crippen LogP contribution >= 0.6 is 23.4 Å². The summed E-state index contributed by atoms with van der Waals surface area (Å²) >= 11 is 7.48. The minimum Gasteiger partial charge on any atom is -0.342 e. The molecule has 1 unspecified atom stereocenters. The van der Waals surface area contributed by atoms with Crippen molar-refractivity contribution < 1.29 is 9.18 Å². The van der Waals surface area contributed by atoms with Gasteiger partial charge in [0.2, 0.25) is 5.91 Å². The van der Waals surface area contributed by atoms with Crippen molar-refractivity contribution in [2.45, 2.75) is 50.6 Å². The van der Waals surface area contributed by atoms with Gasteiger partial charge in [-0.1, -0.05) is 49.0 Å². The molecular weight excluding hydrogens is 361 g/mol. The minimum atomic E-state index is -0.488. The first-order valence-electron chi connectivity index (χ1n) is 8.74. The zero-order chi connectivity index (χ0) is 17.8. The second kappa shape index (κ2) is 8.41. The summed E-state index contributed by atoms with van der Waals surface area (Å²) in [5.41, 5.74) is 0.116. The Hall–Kier alpha value is -1.27. The maximum atomic E-state index is 13.8. The summed E-state index contributed by atoms with van der Waals surface area (Å²) in [7, 11) is 1.88. The molecule has 0 spiro atoms. The minimum absolute atomic E-state index is 0.116. The van der Waals surface area contributed by atoms with Crippen molar-refractivity contribution >= 4 is 40.1 Å². The number of hydrogen-bond donors (Lipinski definition) is 1. The molecule has 25 heavy (non-hydrogen) atoms. The Labute approximate surface area is 157 Å². The van der Waals surface area contributed by atoms with E-state index in [1.807, 2.05) is 11.9 Å². The molecule has 1 aliphatic heterocycles. The summed E-state index contributed by atoms with van der Waals surface area (Å²) in [6.45, 7) is 0. The largest absolute Gasteiger partial charge is 0.342 e. The van der Waals surface area contributed by atoms with Gasteiger partial charge >= 0.3 is 0 Å². The van der Waals surface area contributed by atoms with E-state index in [1.54, 1.807) is 11.8 Å². The Morgan fingerprint density at radius 1 is 1.32 bits per heavy atom. The lowest BCUT2D eigenvalue weighted by Crippen LogP contribution is -2.40. The second-order valence-corrected chi connectivity index (χ2v) is 8.03. The average Bonchev–Trinajstić information content (AvgIpc) is 2.78. The highest BCUT2D eigenvalue weighted by molar-refractivity contribution is 8.14. The molecule has 1 aromatic rings. The van der Waals surface area contributed by atoms with E-state index in [1.165, 1.54) is 43.9 Å². The Morgan fingerprint density at radius 2 is 2.04 bits per heavy atom. The number of thioether (sulfide) groups is 1. The summed E-state index contributed by atoms with van der Waals surface area (Å²) in [6, 6.07) is 4.15. The molecule has 0 radical (unpaired) electrons. The molecular formula is C18H23ClFN3OS. The highest BCUT2D eigenvalue weighted by atomic mass is 35.5. The lowest BCUT2D eigenvalue weighted by Gasteiger charge is -2.21. The van der Waals surface area contributed by atoms with Crippen molar-refractivity contribution in [1.82, 2.24) is 4.90 Å². The topological polar surface area (TPSA) is 44.7 Å². The van der Waals surface area contributed by atoms with E-state index in [4.69, 9.17) is 16.6 Å². The van der Waals surface area contributed by atoms with Crippen LogP contribution in [0.4, 0.5) is 10.1 Å². The van der Waals surface area contributed by atoms with E-state index >= 15 is 0 Å². The van der Waals surface area contributed by atoms with Crippen LogP contribution in [0.1, 0.15) is 38.5 Å². The third-order valence-corrected chi connectivity index (χ3v) is 6.12. The summed E-state index contributed by atoms with van der Waals surface area (Å²) < 4.78 is 13.8. The van der Waals surface area contributed by atoms with Gasteiger partial charge in [0.25, 0.3) is 0 Å². The number of likely N-dealkylation sites (N-methyl/N-ethyl adjacent to an activating group) is 1. The number of nitrogens with zero attached hydrogens (tertiary/aromatic N) is 2. The van der Waals surface area contributed by atoms with Gasteiger partial charge in [-0.05, 0) is 31.0 Å². The van der Waals surface area contributed by atoms with Crippen LogP contribution in [-0.2, 0) is 4.79 Å². The molecule has 1 saturated carbocycles. The summed E-state index contributed by atoms with van der Waals surface area (Å²) in [5.74, 6) is -0.101. The van der Waals surface area contributed by atoms with Gasteiger partial charge in [-0.15, -0.1) is 0 Å². The molecule has 1 heterocycles. The van der Waals surface area contributed by atoms with Crippen LogP contribution in [-0.4, -0.2) is 40.9 Å². The first kappa shape index (κ1) is 18.5. The number of carbonyl (C=O) groups excluding carboxylic acids is 1. The first-order valence-corrected chi connectivity index (χ1v) is 10.1. The van der Waals surface area contributed by atoms with Crippen LogP contribution in [0.25, 0.3) is 0 Å². The molecule has 1 aromatic carbocycles. The first-order chi connectivity index (χ1) is 12.0. The molecule has 3 rings (SSSR count). The number of carbonyl (C=O) groups is 1. The van der Waals surface area contributed by atoms with Gasteiger partial charge < -0.3 is 10.2 Å². The smallest absolute Gasteiger partial charge is 0.248 e. The summed E-state index contributed by atoms with van der Waals surface area (Å²) in [6.07, 6.45) is 7.30. The quantitative estimate of drug-likeness (QED) is 0.779. The number of anilines is 1. The number of hydrogen-bond acceptors (Lipinski definition) is 3. The zero-order valence-corrected chi connectivity index (χ0v) is 15.9. The predicted molar refractivity (Wildman–Crippen MR) is 103 cm³/mol. The van der Waals surface area contributed by atoms with E-state index < -0.39 is 5.82 Å². The van der Waals surface area contributed by atoms with Crippen LogP contribution < -0.4 is 5.32 Å². The normalized spacial score (nSPS) is 23.7. The van der Waals surface area contributed by atoms with Gasteiger partial charge in [-0.2, -0.15) is 0 Å². The van der Waals surface area contributed by atoms with Crippen molar-refractivity contribution in [3.05, 3.63) is 29.0 Å². The third kappa shape index (κ3) is 4.67. The van der Waals surface area contributed by atoms with E-state index in [2.05, 4.69) is 5.32 Å². The average molecular weight is 384 g/mol. The van der Waals surface area contributed by atoms with Gasteiger partial charge in [0, 0.05) is 17.8 Å². The molecule has 4 nitrogen and oxygen atoms in total. The van der Waals surface area contributed by atoms with Gasteiger partial charge in [-0.25, -0.2) is 4.39 Å². The number of halogens is 2. The predicted octanol–water partition coefficient (Wildman–Crippen LogP) is 4.54. The number of aliphatic imine (C=N–C) groups is 1. The Bertz CT molecular complexity index is 662. The molecule has 1 amide bonds. The molecule has 1 saturated heterocycles. The lowest BCUT2D eigenvalue weighted by atomic mass is 10.1. The van der Waals surface area contributed by atoms with Gasteiger partial charge in [0.15, 0.2) is 5.17 Å². The van der Waals surface area contributed by atoms with Gasteiger partial charge in [0.1, 0.15) is 11.9 Å². The van der Waals surface area contributed by atoms with Gasteiger partial charge in [0.05, 0.1) is 11.7 Å². The van der Waals surface area contributed by atoms with Crippen LogP contribution in [0.15, 0.2) is 23.2 Å². The van der Waals surface area contributed by atoms with Crippen molar-refractivity contribution in [2.24, 2.45) is 4.99 Å². The second-order valence-electron chi connectivity index (χ2n) is 6.61. The molecule has 2 fully saturated rings. The highest BCUT2D eigenvalue weighted by Gasteiger charge is 2.33. The zero-order valence-electron chi connectivity index (χ0n) is 14.3. The van der Waals surface area contributed by atoms with E-state index in [-0.39, 0.29) is 17.6 Å². The van der Waals surface area contributed by atoms with Crippen LogP contribution in [0.5, 0.6) is 0 Å². The Morgan fingerprint density at radius 3 is 2.76 bits per heavy atom. The molecule has 7 heteroatoms. The Balaban J connectivity index is 1.65. The summed E-state index contributed by atoms with van der Waals surface area (Å²) in [4.78, 5) is 19.3. The number of amidine groups is 1. The molecule has 1 aliphatic carbocycles. The van der Waals surface area contributed by atoms with Crippen molar-refractivity contribution in [2.75, 3.05) is 18.1 Å². The lowest BCUT2D eigenvalue weighted by molar-refractivity contribution is -0.118. The maximum absolute atomic E-state index is 13.8. The third-order valence-electron chi connectivity index (χ3n) is 4.75. The van der Waals surface area contributed by atoms with Crippen molar-refractivity contribution in [1.29, 1.82) is 0 Å². The number of rotatable bonds is 3. The molecule has 1 N–H and O–H groups in total. The summed E-state index contributed by atoms with van der Waals surface area (Å²) in [5, 5.41) is 3.95. The maximum Gasteiger partial charge on any atom is 0.248 e. The molecule has 2 aliphatic rings. The number of benzene rings is 1. The molecule has 1 atom stereocenters. The fraction of sp³-hybridized carbons (Fsp3) is 0.556. The van der Waals surface area contributed by atoms with Crippen molar-refractivity contribution in [3.8, 4) is 0 Å². The Kier molecular flexibility index (Phi) is 6.23. The highest BCUT2D eigenvalue weighted by Crippen LogP contribution is 2.28. The van der Waals surface area contributed by atoms with Crippen LogP contribution in [0, 0.1) is 5.82 Å². The SMILES string of the molecule is CN1C(=NC2CCCCCC2)SCC1C(=O)Nc1cc(Cl)ccc1F. The fourth-order valence-corrected chi connectivity index (χ4v) is 4.64. The molecule has 0 bridgehead atoms. The fourth-order valence-electron chi connectivity index (χ4n) is 3.23. The standard InChI is InChI=1S/C18H23ClFN3OS/c1-23-16(17(24)22-15-10-12(19)8-9-14(15)20)11-25-18(23)21-13-6-4-2-3-5-7-13/h8-10,13,16H,2-7,11H2,1H3,(H,22,24). The molecule has 136 valence electrons. The van der Waals surface area contributed by atoms with Crippen LogP contribution in [0.2, 0.25) is 5.02 Å². The number of nitrogens with one attached hydrogen (secondary N) is 1. The van der Waals surface area contributed by atoms with E-state index in [9.17, 15) is 9.18 Å². The molecule has 0 aromatic heterocycles. The monoisotopic (exact) mass is 383 g/mol. The van der Waals surface area contributed by atoms with E-state index in [0.29, 0.717) is 16.8 Å². The van der Waals surface area contributed by atoms with Crippen LogP contribution in [0.3, 0.4) is 0 Å². The van der Waals surface area contributed by atoms with Crippen molar-refractivity contribution in [3.63, 3.8) is 0 Å². The number of amides is 1. The van der Waals surface area contributed by atoms with Gasteiger partial charge in [-0.3, -0.25) is 9.79 Å². The van der Waals surface area contributed by atoms with E-state index in [0.717, 1.165) is 18.0 Å².